The van der Waals surface area contributed by atoms with Crippen LogP contribution in [0.25, 0.3) is 0 Å². The van der Waals surface area contributed by atoms with Gasteiger partial charge in [-0.3, -0.25) is 9.59 Å². The maximum Gasteiger partial charge on any atom is 0.262 e. The van der Waals surface area contributed by atoms with Crippen molar-refractivity contribution in [2.75, 3.05) is 12.4 Å². The quantitative estimate of drug-likeness (QED) is 0.439. The van der Waals surface area contributed by atoms with Crippen LogP contribution in [0.2, 0.25) is 5.02 Å². The van der Waals surface area contributed by atoms with Crippen LogP contribution in [0, 0.1) is 5.82 Å². The Hall–Kier alpha value is -3.69. The summed E-state index contributed by atoms with van der Waals surface area (Å²) in [6, 6.07) is 20.5. The number of thioether (sulfide) groups is 1. The molecule has 0 saturated heterocycles. The highest BCUT2D eigenvalue weighted by molar-refractivity contribution is 8.15. The number of amidine groups is 1. The van der Waals surface area contributed by atoms with Gasteiger partial charge in [-0.1, -0.05) is 53.7 Å². The fourth-order valence-corrected chi connectivity index (χ4v) is 5.33. The molecule has 2 aliphatic rings. The van der Waals surface area contributed by atoms with Gasteiger partial charge in [-0.05, 0) is 53.6 Å². The number of benzene rings is 3. The molecule has 1 N–H and O–H groups in total. The molecular weight excluding hydrogens is 515 g/mol. The lowest BCUT2D eigenvalue weighted by molar-refractivity contribution is -0.121. The second-order valence-electron chi connectivity index (χ2n) is 8.49. The highest BCUT2D eigenvalue weighted by Crippen LogP contribution is 2.39. The zero-order chi connectivity index (χ0) is 25.9. The van der Waals surface area contributed by atoms with Crippen molar-refractivity contribution in [3.8, 4) is 5.75 Å². The Bertz CT molecular complexity index is 1400. The van der Waals surface area contributed by atoms with E-state index in [1.165, 1.54) is 30.0 Å². The Morgan fingerprint density at radius 2 is 1.92 bits per heavy atom. The van der Waals surface area contributed by atoms with Crippen molar-refractivity contribution >= 4 is 51.7 Å². The second-order valence-corrected chi connectivity index (χ2v) is 10.1. The van der Waals surface area contributed by atoms with Gasteiger partial charge < -0.3 is 10.1 Å². The highest BCUT2D eigenvalue weighted by atomic mass is 35.5. The van der Waals surface area contributed by atoms with Crippen LogP contribution in [0.1, 0.15) is 30.0 Å². The summed E-state index contributed by atoms with van der Waals surface area (Å²) in [7, 11) is 1.61. The lowest BCUT2D eigenvalue weighted by Crippen LogP contribution is -2.25. The van der Waals surface area contributed by atoms with E-state index in [4.69, 9.17) is 21.4 Å². The van der Waals surface area contributed by atoms with E-state index < -0.39 is 22.9 Å². The van der Waals surface area contributed by atoms with Gasteiger partial charge in [0.2, 0.25) is 5.91 Å². The predicted molar refractivity (Wildman–Crippen MR) is 144 cm³/mol. The molecule has 2 aliphatic heterocycles. The van der Waals surface area contributed by atoms with E-state index in [2.05, 4.69) is 10.3 Å². The van der Waals surface area contributed by atoms with Gasteiger partial charge in [0.05, 0.1) is 18.9 Å². The molecule has 10 heteroatoms. The monoisotopic (exact) mass is 536 g/mol. The van der Waals surface area contributed by atoms with Crippen molar-refractivity contribution in [1.82, 2.24) is 5.01 Å². The fraction of sp³-hybridized carbons (Fsp3) is 0.185. The van der Waals surface area contributed by atoms with Gasteiger partial charge in [-0.2, -0.15) is 10.1 Å². The Labute approximate surface area is 222 Å². The minimum Gasteiger partial charge on any atom is -0.497 e. The summed E-state index contributed by atoms with van der Waals surface area (Å²) in [5.74, 6) is -0.522. The summed E-state index contributed by atoms with van der Waals surface area (Å²) in [6.45, 7) is 0. The smallest absolute Gasteiger partial charge is 0.262 e. The Morgan fingerprint density at radius 1 is 1.16 bits per heavy atom. The molecule has 0 saturated carbocycles. The summed E-state index contributed by atoms with van der Waals surface area (Å²) in [5, 5.41) is 9.57. The first-order chi connectivity index (χ1) is 17.9. The van der Waals surface area contributed by atoms with E-state index >= 15 is 0 Å². The molecule has 3 aromatic rings. The zero-order valence-corrected chi connectivity index (χ0v) is 21.3. The molecule has 0 radical (unpaired) electrons. The molecule has 2 heterocycles. The summed E-state index contributed by atoms with van der Waals surface area (Å²) in [5.41, 5.74) is 3.07. The van der Waals surface area contributed by atoms with Crippen LogP contribution >= 0.6 is 23.4 Å². The van der Waals surface area contributed by atoms with Crippen molar-refractivity contribution in [2.24, 2.45) is 10.1 Å². The van der Waals surface area contributed by atoms with Crippen LogP contribution in [0.15, 0.2) is 82.9 Å². The molecule has 0 spiro atoms. The Kier molecular flexibility index (Phi) is 7.25. The number of hydrogen-bond acceptors (Lipinski definition) is 6. The maximum absolute atomic E-state index is 13.4. The number of nitrogens with one attached hydrogen (secondary N) is 1. The lowest BCUT2D eigenvalue weighted by Gasteiger charge is -2.23. The van der Waals surface area contributed by atoms with Crippen LogP contribution in [0.4, 0.5) is 10.1 Å². The van der Waals surface area contributed by atoms with Crippen molar-refractivity contribution in [1.29, 1.82) is 0 Å². The molecule has 188 valence electrons. The van der Waals surface area contributed by atoms with E-state index in [1.54, 1.807) is 18.2 Å². The molecular formula is C27H22ClFN4O3S. The molecule has 0 aromatic heterocycles. The number of ether oxygens (including phenoxy) is 1. The van der Waals surface area contributed by atoms with Crippen LogP contribution < -0.4 is 10.1 Å². The molecule has 0 fully saturated rings. The molecule has 2 atom stereocenters. The fourth-order valence-electron chi connectivity index (χ4n) is 4.14. The van der Waals surface area contributed by atoms with Crippen molar-refractivity contribution in [3.05, 3.63) is 94.8 Å². The molecule has 5 rings (SSSR count). The number of halogens is 2. The number of hydrazone groups is 1. The number of carbonyl (C=O) groups excluding carboxylic acids is 2. The van der Waals surface area contributed by atoms with Crippen LogP contribution in [0.5, 0.6) is 5.75 Å². The number of carbonyl (C=O) groups is 2. The third kappa shape index (κ3) is 5.68. The molecule has 2 amide bonds. The van der Waals surface area contributed by atoms with Crippen LogP contribution in [-0.2, 0) is 9.59 Å². The number of nitrogens with zero attached hydrogens (tertiary/aromatic N) is 3. The summed E-state index contributed by atoms with van der Waals surface area (Å²) in [6.07, 6.45) is 0.494. The number of aliphatic imine (C=N–C) groups is 1. The van der Waals surface area contributed by atoms with Crippen LogP contribution in [-0.4, -0.2) is 40.1 Å². The highest BCUT2D eigenvalue weighted by Gasteiger charge is 2.39. The number of anilines is 1. The summed E-state index contributed by atoms with van der Waals surface area (Å²) >= 11 is 7.27. The Morgan fingerprint density at radius 3 is 2.62 bits per heavy atom. The standard InChI is InChI=1S/C27H22ClFN4O3S/c1-36-21-11-7-17(8-12-21)23-14-22(16-5-9-18(28)10-6-16)32-33(23)27-31-26(35)24(37-27)15-25(34)30-20-4-2-3-19(29)13-20/h2-13,23-24H,14-15H2,1H3,(H,30,34)/t23-,24+/m1/s1. The molecule has 0 aliphatic carbocycles. The summed E-state index contributed by atoms with van der Waals surface area (Å²) < 4.78 is 18.7. The third-order valence-electron chi connectivity index (χ3n) is 5.99. The average Bonchev–Trinajstić information content (AvgIpc) is 3.48. The minimum absolute atomic E-state index is 0.0954. The maximum atomic E-state index is 13.4. The van der Waals surface area contributed by atoms with Gasteiger partial charge >= 0.3 is 0 Å². The molecule has 37 heavy (non-hydrogen) atoms. The zero-order valence-electron chi connectivity index (χ0n) is 19.7. The first kappa shape index (κ1) is 25.0. The second kappa shape index (κ2) is 10.7. The van der Waals surface area contributed by atoms with Gasteiger partial charge in [0.25, 0.3) is 5.91 Å². The van der Waals surface area contributed by atoms with Gasteiger partial charge in [-0.15, -0.1) is 0 Å². The largest absolute Gasteiger partial charge is 0.497 e. The molecule has 0 unspecified atom stereocenters. The normalized spacial score (nSPS) is 19.0. The number of amides is 2. The summed E-state index contributed by atoms with van der Waals surface area (Å²) in [4.78, 5) is 29.5. The van der Waals surface area contributed by atoms with E-state index in [9.17, 15) is 14.0 Å². The number of rotatable bonds is 6. The van der Waals surface area contributed by atoms with Crippen LogP contribution in [0.3, 0.4) is 0 Å². The lowest BCUT2D eigenvalue weighted by atomic mass is 9.98. The predicted octanol–water partition coefficient (Wildman–Crippen LogP) is 5.67. The molecule has 0 bridgehead atoms. The van der Waals surface area contributed by atoms with Crippen molar-refractivity contribution in [2.45, 2.75) is 24.1 Å². The topological polar surface area (TPSA) is 83.4 Å². The van der Waals surface area contributed by atoms with E-state index in [1.807, 2.05) is 48.5 Å². The molecule has 7 nitrogen and oxygen atoms in total. The van der Waals surface area contributed by atoms with E-state index in [0.717, 1.165) is 22.6 Å². The van der Waals surface area contributed by atoms with E-state index in [-0.39, 0.29) is 12.5 Å². The number of hydrogen-bond donors (Lipinski definition) is 1. The van der Waals surface area contributed by atoms with Gasteiger partial charge in [0.1, 0.15) is 16.8 Å². The van der Waals surface area contributed by atoms with Gasteiger partial charge in [-0.25, -0.2) is 9.40 Å². The Balaban J connectivity index is 1.35. The van der Waals surface area contributed by atoms with E-state index in [0.29, 0.717) is 22.3 Å². The number of methoxy groups -OCH3 is 1. The third-order valence-corrected chi connectivity index (χ3v) is 7.39. The first-order valence-electron chi connectivity index (χ1n) is 11.5. The average molecular weight is 537 g/mol. The van der Waals surface area contributed by atoms with Gasteiger partial charge in [0, 0.05) is 23.6 Å². The van der Waals surface area contributed by atoms with Crippen molar-refractivity contribution in [3.63, 3.8) is 0 Å². The minimum atomic E-state index is -0.699. The van der Waals surface area contributed by atoms with Crippen molar-refractivity contribution < 1.29 is 18.7 Å². The first-order valence-corrected chi connectivity index (χ1v) is 12.8. The van der Waals surface area contributed by atoms with Gasteiger partial charge in [0.15, 0.2) is 5.17 Å². The SMILES string of the molecule is COc1ccc([C@H]2CC(c3ccc(Cl)cc3)=NN2C2=NC(=O)[C@H](CC(=O)Nc3cccc(F)c3)S2)cc1. The molecule has 3 aromatic carbocycles.